The zero-order valence-corrected chi connectivity index (χ0v) is 12.9. The molecule has 1 amide bonds. The first-order valence-corrected chi connectivity index (χ1v) is 7.71. The van der Waals surface area contributed by atoms with E-state index in [1.54, 1.807) is 30.5 Å². The average molecular weight is 317 g/mol. The highest BCUT2D eigenvalue weighted by atomic mass is 35.5. The van der Waals surface area contributed by atoms with Crippen molar-refractivity contribution >= 4 is 23.3 Å². The lowest BCUT2D eigenvalue weighted by Gasteiger charge is -2.16. The van der Waals surface area contributed by atoms with Gasteiger partial charge < -0.3 is 10.2 Å². The Morgan fingerprint density at radius 3 is 2.64 bits per heavy atom. The molecule has 5 nitrogen and oxygen atoms in total. The minimum atomic E-state index is -0.160. The number of nitrogens with zero attached hydrogens (tertiary/aromatic N) is 3. The Kier molecular flexibility index (Phi) is 4.53. The van der Waals surface area contributed by atoms with E-state index in [0.29, 0.717) is 23.0 Å². The zero-order chi connectivity index (χ0) is 15.4. The van der Waals surface area contributed by atoms with Gasteiger partial charge in [-0.1, -0.05) is 11.6 Å². The van der Waals surface area contributed by atoms with Crippen LogP contribution >= 0.6 is 11.6 Å². The van der Waals surface area contributed by atoms with Crippen molar-refractivity contribution in [1.82, 2.24) is 15.3 Å². The van der Waals surface area contributed by atoms with E-state index in [4.69, 9.17) is 11.6 Å². The lowest BCUT2D eigenvalue weighted by atomic mass is 10.2. The van der Waals surface area contributed by atoms with Gasteiger partial charge in [0.15, 0.2) is 0 Å². The number of amides is 1. The highest BCUT2D eigenvalue weighted by molar-refractivity contribution is 6.30. The summed E-state index contributed by atoms with van der Waals surface area (Å²) >= 11 is 5.81. The fraction of sp³-hybridized carbons (Fsp3) is 0.312. The molecule has 0 atom stereocenters. The molecule has 0 saturated carbocycles. The van der Waals surface area contributed by atoms with Gasteiger partial charge in [0.05, 0.1) is 6.54 Å². The van der Waals surface area contributed by atoms with Crippen LogP contribution in [0.3, 0.4) is 0 Å². The number of hydrogen-bond acceptors (Lipinski definition) is 4. The van der Waals surface area contributed by atoms with E-state index in [9.17, 15) is 4.79 Å². The fourth-order valence-electron chi connectivity index (χ4n) is 2.46. The molecule has 0 bridgehead atoms. The minimum Gasteiger partial charge on any atom is -0.357 e. The molecule has 0 radical (unpaired) electrons. The van der Waals surface area contributed by atoms with Crippen molar-refractivity contribution in [2.24, 2.45) is 0 Å². The second-order valence-corrected chi connectivity index (χ2v) is 5.65. The van der Waals surface area contributed by atoms with Crippen LogP contribution in [0.15, 0.2) is 36.5 Å². The largest absolute Gasteiger partial charge is 0.357 e. The van der Waals surface area contributed by atoms with Crippen LogP contribution in [-0.2, 0) is 6.54 Å². The third kappa shape index (κ3) is 3.54. The Morgan fingerprint density at radius 1 is 1.18 bits per heavy atom. The maximum Gasteiger partial charge on any atom is 0.251 e. The summed E-state index contributed by atoms with van der Waals surface area (Å²) in [6.45, 7) is 2.38. The molecule has 1 saturated heterocycles. The highest BCUT2D eigenvalue weighted by Crippen LogP contribution is 2.17. The van der Waals surface area contributed by atoms with E-state index < -0.39 is 0 Å². The van der Waals surface area contributed by atoms with Crippen LogP contribution in [0.2, 0.25) is 5.02 Å². The van der Waals surface area contributed by atoms with E-state index in [1.165, 1.54) is 12.8 Å². The fourth-order valence-corrected chi connectivity index (χ4v) is 2.58. The summed E-state index contributed by atoms with van der Waals surface area (Å²) in [5.74, 6) is 1.39. The summed E-state index contributed by atoms with van der Waals surface area (Å²) < 4.78 is 0. The standard InChI is InChI=1S/C16H17ClN4O/c17-13-5-3-12(4-6-13)16(22)19-11-14-18-8-7-15(20-14)21-9-1-2-10-21/h3-8H,1-2,9-11H2,(H,19,22). The van der Waals surface area contributed by atoms with Crippen molar-refractivity contribution < 1.29 is 4.79 Å². The molecule has 1 aromatic carbocycles. The lowest BCUT2D eigenvalue weighted by Crippen LogP contribution is -2.25. The summed E-state index contributed by atoms with van der Waals surface area (Å²) in [6, 6.07) is 8.69. The first kappa shape index (κ1) is 14.8. The van der Waals surface area contributed by atoms with Gasteiger partial charge in [0.25, 0.3) is 5.91 Å². The number of nitrogens with one attached hydrogen (secondary N) is 1. The molecular formula is C16H17ClN4O. The molecule has 114 valence electrons. The van der Waals surface area contributed by atoms with Crippen molar-refractivity contribution in [3.63, 3.8) is 0 Å². The number of hydrogen-bond donors (Lipinski definition) is 1. The molecule has 2 aromatic rings. The molecule has 3 rings (SSSR count). The molecule has 1 aromatic heterocycles. The van der Waals surface area contributed by atoms with E-state index in [1.807, 2.05) is 6.07 Å². The van der Waals surface area contributed by atoms with Crippen molar-refractivity contribution in [2.45, 2.75) is 19.4 Å². The van der Waals surface area contributed by atoms with Crippen LogP contribution in [0.25, 0.3) is 0 Å². The molecule has 2 heterocycles. The van der Waals surface area contributed by atoms with Gasteiger partial charge in [0, 0.05) is 29.9 Å². The molecule has 0 unspecified atom stereocenters. The number of halogens is 1. The Morgan fingerprint density at radius 2 is 1.91 bits per heavy atom. The number of carbonyl (C=O) groups is 1. The maximum atomic E-state index is 12.1. The van der Waals surface area contributed by atoms with Crippen molar-refractivity contribution in [3.05, 3.63) is 52.9 Å². The summed E-state index contributed by atoms with van der Waals surface area (Å²) in [5.41, 5.74) is 0.570. The topological polar surface area (TPSA) is 58.1 Å². The summed E-state index contributed by atoms with van der Waals surface area (Å²) in [6.07, 6.45) is 4.14. The summed E-state index contributed by atoms with van der Waals surface area (Å²) in [5, 5.41) is 3.44. The van der Waals surface area contributed by atoms with Gasteiger partial charge >= 0.3 is 0 Å². The highest BCUT2D eigenvalue weighted by Gasteiger charge is 2.14. The number of aromatic nitrogens is 2. The zero-order valence-electron chi connectivity index (χ0n) is 12.1. The molecule has 22 heavy (non-hydrogen) atoms. The van der Waals surface area contributed by atoms with E-state index in [-0.39, 0.29) is 5.91 Å². The number of carbonyl (C=O) groups excluding carboxylic acids is 1. The third-order valence-corrected chi connectivity index (χ3v) is 3.89. The third-order valence-electron chi connectivity index (χ3n) is 3.63. The van der Waals surface area contributed by atoms with Gasteiger partial charge in [-0.3, -0.25) is 4.79 Å². The SMILES string of the molecule is O=C(NCc1nccc(N2CCCC2)n1)c1ccc(Cl)cc1. The van der Waals surface area contributed by atoms with Crippen LogP contribution in [0.4, 0.5) is 5.82 Å². The van der Waals surface area contributed by atoms with Crippen LogP contribution in [0.1, 0.15) is 29.0 Å². The molecule has 1 fully saturated rings. The Bertz CT molecular complexity index is 653. The smallest absolute Gasteiger partial charge is 0.251 e. The summed E-state index contributed by atoms with van der Waals surface area (Å²) in [7, 11) is 0. The molecule has 1 aliphatic heterocycles. The molecule has 6 heteroatoms. The average Bonchev–Trinajstić information content (AvgIpc) is 3.08. The predicted octanol–water partition coefficient (Wildman–Crippen LogP) is 2.66. The Balaban J connectivity index is 1.62. The number of rotatable bonds is 4. The van der Waals surface area contributed by atoms with Gasteiger partial charge in [0.2, 0.25) is 0 Å². The maximum absolute atomic E-state index is 12.1. The minimum absolute atomic E-state index is 0.160. The monoisotopic (exact) mass is 316 g/mol. The Hall–Kier alpha value is -2.14. The predicted molar refractivity (Wildman–Crippen MR) is 86.1 cm³/mol. The second kappa shape index (κ2) is 6.75. The number of benzene rings is 1. The van der Waals surface area contributed by atoms with E-state index in [0.717, 1.165) is 18.9 Å². The first-order valence-electron chi connectivity index (χ1n) is 7.33. The van der Waals surface area contributed by atoms with Crippen LogP contribution in [0, 0.1) is 0 Å². The molecular weight excluding hydrogens is 300 g/mol. The Labute approximate surface area is 134 Å². The van der Waals surface area contributed by atoms with Gasteiger partial charge in [-0.05, 0) is 43.2 Å². The molecule has 1 aliphatic rings. The summed E-state index contributed by atoms with van der Waals surface area (Å²) in [4.78, 5) is 23.0. The van der Waals surface area contributed by atoms with Crippen LogP contribution < -0.4 is 10.2 Å². The van der Waals surface area contributed by atoms with Gasteiger partial charge in [-0.15, -0.1) is 0 Å². The van der Waals surface area contributed by atoms with Crippen LogP contribution in [0.5, 0.6) is 0 Å². The normalized spacial score (nSPS) is 14.1. The van der Waals surface area contributed by atoms with Gasteiger partial charge in [-0.25, -0.2) is 9.97 Å². The quantitative estimate of drug-likeness (QED) is 0.942. The van der Waals surface area contributed by atoms with Gasteiger partial charge in [-0.2, -0.15) is 0 Å². The molecule has 1 N–H and O–H groups in total. The van der Waals surface area contributed by atoms with Crippen molar-refractivity contribution in [3.8, 4) is 0 Å². The lowest BCUT2D eigenvalue weighted by molar-refractivity contribution is 0.0950. The van der Waals surface area contributed by atoms with Gasteiger partial charge in [0.1, 0.15) is 11.6 Å². The second-order valence-electron chi connectivity index (χ2n) is 5.21. The number of anilines is 1. The van der Waals surface area contributed by atoms with Crippen molar-refractivity contribution in [2.75, 3.05) is 18.0 Å². The van der Waals surface area contributed by atoms with E-state index in [2.05, 4.69) is 20.2 Å². The molecule has 0 spiro atoms. The van der Waals surface area contributed by atoms with E-state index >= 15 is 0 Å². The molecule has 0 aliphatic carbocycles. The first-order chi connectivity index (χ1) is 10.7. The van der Waals surface area contributed by atoms with Crippen LogP contribution in [-0.4, -0.2) is 29.0 Å². The van der Waals surface area contributed by atoms with Crippen molar-refractivity contribution in [1.29, 1.82) is 0 Å².